The van der Waals surface area contributed by atoms with Gasteiger partial charge in [-0.3, -0.25) is 0 Å². The van der Waals surface area contributed by atoms with Gasteiger partial charge in [0.05, 0.1) is 0 Å². The smallest absolute Gasteiger partial charge is 0.0403 e. The van der Waals surface area contributed by atoms with E-state index in [4.69, 9.17) is 11.6 Å². The number of hydrogen-bond donors (Lipinski definition) is 0. The summed E-state index contributed by atoms with van der Waals surface area (Å²) in [4.78, 5) is 0. The highest BCUT2D eigenvalue weighted by Crippen LogP contribution is 2.22. The highest BCUT2D eigenvalue weighted by molar-refractivity contribution is 9.09. The van der Waals surface area contributed by atoms with E-state index in [1.54, 1.807) is 0 Å². The SMILES string of the molecule is ClC1=C(CBr)CCC=C1. The second-order valence-electron chi connectivity index (χ2n) is 2.03. The minimum Gasteiger partial charge on any atom is -0.0879 e. The number of hydrogen-bond acceptors (Lipinski definition) is 0. The Morgan fingerprint density at radius 2 is 2.44 bits per heavy atom. The number of halogens is 2. The maximum Gasteiger partial charge on any atom is 0.0403 e. The van der Waals surface area contributed by atoms with Crippen molar-refractivity contribution < 1.29 is 0 Å². The number of rotatable bonds is 1. The topological polar surface area (TPSA) is 0 Å². The zero-order valence-corrected chi connectivity index (χ0v) is 7.37. The fourth-order valence-electron chi connectivity index (χ4n) is 0.812. The van der Waals surface area contributed by atoms with E-state index in [9.17, 15) is 0 Å². The summed E-state index contributed by atoms with van der Waals surface area (Å²) >= 11 is 9.22. The largest absolute Gasteiger partial charge is 0.0879 e. The molecule has 2 heteroatoms. The van der Waals surface area contributed by atoms with Crippen molar-refractivity contribution in [3.05, 3.63) is 22.8 Å². The van der Waals surface area contributed by atoms with Crippen LogP contribution >= 0.6 is 27.5 Å². The van der Waals surface area contributed by atoms with Gasteiger partial charge in [0.1, 0.15) is 0 Å². The van der Waals surface area contributed by atoms with E-state index in [1.807, 2.05) is 6.08 Å². The summed E-state index contributed by atoms with van der Waals surface area (Å²) in [6, 6.07) is 0. The maximum absolute atomic E-state index is 5.85. The Morgan fingerprint density at radius 3 is 2.89 bits per heavy atom. The van der Waals surface area contributed by atoms with E-state index in [0.29, 0.717) is 0 Å². The zero-order valence-electron chi connectivity index (χ0n) is 5.03. The molecule has 0 fully saturated rings. The van der Waals surface area contributed by atoms with E-state index in [1.165, 1.54) is 5.57 Å². The highest BCUT2D eigenvalue weighted by atomic mass is 79.9. The monoisotopic (exact) mass is 206 g/mol. The van der Waals surface area contributed by atoms with Gasteiger partial charge in [0.25, 0.3) is 0 Å². The second kappa shape index (κ2) is 3.43. The van der Waals surface area contributed by atoms with Gasteiger partial charge in [0.15, 0.2) is 0 Å². The van der Waals surface area contributed by atoms with Gasteiger partial charge in [-0.05, 0) is 24.5 Å². The van der Waals surface area contributed by atoms with E-state index >= 15 is 0 Å². The van der Waals surface area contributed by atoms with Crippen LogP contribution in [0.4, 0.5) is 0 Å². The van der Waals surface area contributed by atoms with Gasteiger partial charge in [-0.25, -0.2) is 0 Å². The molecular weight excluding hydrogens is 199 g/mol. The molecule has 0 aromatic carbocycles. The molecule has 0 spiro atoms. The average Bonchev–Trinajstić information content (AvgIpc) is 1.89. The van der Waals surface area contributed by atoms with E-state index in [2.05, 4.69) is 22.0 Å². The van der Waals surface area contributed by atoms with Crippen molar-refractivity contribution in [1.29, 1.82) is 0 Å². The third kappa shape index (κ3) is 1.84. The Morgan fingerprint density at radius 1 is 1.67 bits per heavy atom. The molecule has 0 amide bonds. The van der Waals surface area contributed by atoms with Gasteiger partial charge in [-0.2, -0.15) is 0 Å². The van der Waals surface area contributed by atoms with Crippen LogP contribution in [0.5, 0.6) is 0 Å². The first kappa shape index (κ1) is 7.36. The zero-order chi connectivity index (χ0) is 6.69. The summed E-state index contributed by atoms with van der Waals surface area (Å²) in [7, 11) is 0. The molecule has 0 radical (unpaired) electrons. The third-order valence-corrected chi connectivity index (χ3v) is 2.45. The van der Waals surface area contributed by atoms with E-state index in [0.717, 1.165) is 23.2 Å². The normalized spacial score (nSPS) is 18.9. The fraction of sp³-hybridized carbons (Fsp3) is 0.429. The average molecular weight is 207 g/mol. The van der Waals surface area contributed by atoms with Gasteiger partial charge in [0, 0.05) is 10.4 Å². The summed E-state index contributed by atoms with van der Waals surface area (Å²) in [5.74, 6) is 0. The van der Waals surface area contributed by atoms with E-state index < -0.39 is 0 Å². The molecule has 0 saturated carbocycles. The summed E-state index contributed by atoms with van der Waals surface area (Å²) in [6.07, 6.45) is 6.33. The summed E-state index contributed by atoms with van der Waals surface area (Å²) < 4.78 is 0. The predicted molar refractivity (Wildman–Crippen MR) is 45.0 cm³/mol. The third-order valence-electron chi connectivity index (χ3n) is 1.38. The first-order valence-corrected chi connectivity index (χ1v) is 4.44. The minimum atomic E-state index is 0.913. The van der Waals surface area contributed by atoms with Crippen molar-refractivity contribution >= 4 is 27.5 Å². The van der Waals surface area contributed by atoms with Gasteiger partial charge < -0.3 is 0 Å². The Hall–Kier alpha value is 0.250. The molecule has 0 atom stereocenters. The molecule has 0 aliphatic heterocycles. The van der Waals surface area contributed by atoms with Crippen molar-refractivity contribution in [2.75, 3.05) is 5.33 Å². The van der Waals surface area contributed by atoms with Crippen LogP contribution in [0.2, 0.25) is 0 Å². The van der Waals surface area contributed by atoms with Crippen LogP contribution in [0.25, 0.3) is 0 Å². The van der Waals surface area contributed by atoms with Crippen LogP contribution in [0.1, 0.15) is 12.8 Å². The van der Waals surface area contributed by atoms with Gasteiger partial charge >= 0.3 is 0 Å². The number of alkyl halides is 1. The Kier molecular flexibility index (Phi) is 2.80. The standard InChI is InChI=1S/C7H8BrCl/c8-5-6-3-1-2-4-7(6)9/h2,4H,1,3,5H2. The van der Waals surface area contributed by atoms with Crippen LogP contribution in [0.3, 0.4) is 0 Å². The van der Waals surface area contributed by atoms with E-state index in [-0.39, 0.29) is 0 Å². The van der Waals surface area contributed by atoms with Crippen LogP contribution in [-0.4, -0.2) is 5.33 Å². The summed E-state index contributed by atoms with van der Waals surface area (Å²) in [5.41, 5.74) is 1.32. The molecule has 0 bridgehead atoms. The van der Waals surface area contributed by atoms with Crippen LogP contribution in [0.15, 0.2) is 22.8 Å². The van der Waals surface area contributed by atoms with Crippen LogP contribution < -0.4 is 0 Å². The molecule has 0 N–H and O–H groups in total. The molecule has 0 unspecified atom stereocenters. The predicted octanol–water partition coefficient (Wildman–Crippen LogP) is 3.22. The summed E-state index contributed by atoms with van der Waals surface area (Å²) in [5, 5.41) is 1.83. The van der Waals surface area contributed by atoms with Crippen molar-refractivity contribution in [1.82, 2.24) is 0 Å². The lowest BCUT2D eigenvalue weighted by Gasteiger charge is -2.07. The van der Waals surface area contributed by atoms with Crippen molar-refractivity contribution in [3.63, 3.8) is 0 Å². The molecule has 1 aliphatic rings. The Bertz CT molecular complexity index is 158. The number of allylic oxidation sites excluding steroid dienone is 4. The molecule has 1 rings (SSSR count). The first-order chi connectivity index (χ1) is 4.34. The van der Waals surface area contributed by atoms with Crippen LogP contribution in [0, 0.1) is 0 Å². The molecular formula is C7H8BrCl. The summed E-state index contributed by atoms with van der Waals surface area (Å²) in [6.45, 7) is 0. The van der Waals surface area contributed by atoms with Crippen LogP contribution in [-0.2, 0) is 0 Å². The van der Waals surface area contributed by atoms with Gasteiger partial charge in [0.2, 0.25) is 0 Å². The lowest BCUT2D eigenvalue weighted by Crippen LogP contribution is -1.90. The van der Waals surface area contributed by atoms with Gasteiger partial charge in [-0.1, -0.05) is 33.6 Å². The Labute approximate surface area is 68.7 Å². The molecule has 1 aliphatic carbocycles. The Balaban J connectivity index is 2.72. The fourth-order valence-corrected chi connectivity index (χ4v) is 1.81. The molecule has 50 valence electrons. The molecule has 0 nitrogen and oxygen atoms in total. The minimum absolute atomic E-state index is 0.913. The lowest BCUT2D eigenvalue weighted by molar-refractivity contribution is 0.963. The molecule has 0 heterocycles. The second-order valence-corrected chi connectivity index (χ2v) is 2.99. The molecule has 0 aromatic heterocycles. The van der Waals surface area contributed by atoms with Crippen molar-refractivity contribution in [2.24, 2.45) is 0 Å². The highest BCUT2D eigenvalue weighted by Gasteiger charge is 2.03. The maximum atomic E-state index is 5.85. The van der Waals surface area contributed by atoms with Crippen molar-refractivity contribution in [3.8, 4) is 0 Å². The molecule has 0 aromatic rings. The van der Waals surface area contributed by atoms with Crippen molar-refractivity contribution in [2.45, 2.75) is 12.8 Å². The lowest BCUT2D eigenvalue weighted by atomic mass is 10.1. The van der Waals surface area contributed by atoms with Gasteiger partial charge in [-0.15, -0.1) is 0 Å². The quantitative estimate of drug-likeness (QED) is 0.579. The molecule has 0 saturated heterocycles. The molecule has 9 heavy (non-hydrogen) atoms. The first-order valence-electron chi connectivity index (χ1n) is 2.94.